The van der Waals surface area contributed by atoms with Crippen LogP contribution < -0.4 is 10.1 Å². The monoisotopic (exact) mass is 285 g/mol. The van der Waals surface area contributed by atoms with E-state index in [1.807, 2.05) is 37.3 Å². The molecule has 2 aromatic rings. The molecule has 2 aromatic carbocycles. The number of anilines is 1. The van der Waals surface area contributed by atoms with Crippen LogP contribution in [0.1, 0.15) is 18.1 Å². The average Bonchev–Trinajstić information content (AvgIpc) is 2.50. The Morgan fingerprint density at radius 1 is 1.19 bits per heavy atom. The van der Waals surface area contributed by atoms with Crippen LogP contribution in [0, 0.1) is 6.92 Å². The van der Waals surface area contributed by atoms with E-state index in [0.29, 0.717) is 17.0 Å². The summed E-state index contributed by atoms with van der Waals surface area (Å²) in [5.41, 5.74) is 2.41. The first kappa shape index (κ1) is 15.1. The molecule has 0 aromatic heterocycles. The van der Waals surface area contributed by atoms with Crippen molar-refractivity contribution >= 4 is 11.6 Å². The number of rotatable bonds is 5. The second-order valence-corrected chi connectivity index (χ2v) is 4.88. The summed E-state index contributed by atoms with van der Waals surface area (Å²) in [5, 5.41) is 12.0. The molecule has 0 fully saturated rings. The fraction of sp³-hybridized carbons (Fsp3) is 0.235. The molecule has 4 nitrogen and oxygen atoms in total. The average molecular weight is 285 g/mol. The van der Waals surface area contributed by atoms with Gasteiger partial charge in [-0.25, -0.2) is 0 Å². The summed E-state index contributed by atoms with van der Waals surface area (Å²) < 4.78 is 5.60. The number of aliphatic hydroxyl groups is 1. The number of carbonyl (C=O) groups excluding carboxylic acids is 1. The van der Waals surface area contributed by atoms with E-state index in [9.17, 15) is 9.90 Å². The summed E-state index contributed by atoms with van der Waals surface area (Å²) in [6.45, 7) is 3.56. The predicted molar refractivity (Wildman–Crippen MR) is 82.3 cm³/mol. The van der Waals surface area contributed by atoms with Crippen molar-refractivity contribution in [3.63, 3.8) is 0 Å². The lowest BCUT2D eigenvalue weighted by molar-refractivity contribution is -0.122. The van der Waals surface area contributed by atoms with Gasteiger partial charge < -0.3 is 15.2 Å². The summed E-state index contributed by atoms with van der Waals surface area (Å²) in [6.07, 6.45) is -0.626. The Morgan fingerprint density at radius 3 is 2.52 bits per heavy atom. The molecule has 1 atom stereocenters. The van der Waals surface area contributed by atoms with Crippen LogP contribution in [0.15, 0.2) is 48.5 Å². The van der Waals surface area contributed by atoms with Crippen LogP contribution in [-0.2, 0) is 11.4 Å². The maximum absolute atomic E-state index is 12.1. The zero-order valence-electron chi connectivity index (χ0n) is 12.2. The molecule has 2 N–H and O–H groups in total. The molecule has 0 saturated carbocycles. The molecule has 0 heterocycles. The van der Waals surface area contributed by atoms with E-state index in [0.717, 1.165) is 5.56 Å². The smallest absolute Gasteiger partial charge is 0.265 e. The molecule has 0 aliphatic heterocycles. The zero-order chi connectivity index (χ0) is 15.2. The van der Waals surface area contributed by atoms with Crippen molar-refractivity contribution in [1.82, 2.24) is 0 Å². The van der Waals surface area contributed by atoms with E-state index >= 15 is 0 Å². The van der Waals surface area contributed by atoms with Gasteiger partial charge in [0, 0.05) is 11.3 Å². The minimum absolute atomic E-state index is 0.121. The fourth-order valence-corrected chi connectivity index (χ4v) is 1.89. The summed E-state index contributed by atoms with van der Waals surface area (Å²) in [5.74, 6) is 0.398. The van der Waals surface area contributed by atoms with Gasteiger partial charge in [0.05, 0.1) is 6.61 Å². The molecule has 110 valence electrons. The second-order valence-electron chi connectivity index (χ2n) is 4.88. The van der Waals surface area contributed by atoms with Gasteiger partial charge in [0.1, 0.15) is 5.75 Å². The number of aliphatic hydroxyl groups excluding tert-OH is 1. The number of benzene rings is 2. The number of hydrogen-bond donors (Lipinski definition) is 2. The molecule has 0 radical (unpaired) electrons. The van der Waals surface area contributed by atoms with E-state index in [1.54, 1.807) is 25.1 Å². The van der Waals surface area contributed by atoms with Crippen LogP contribution in [0.4, 0.5) is 5.69 Å². The number of ether oxygens (including phenoxy) is 1. The highest BCUT2D eigenvalue weighted by molar-refractivity contribution is 5.94. The maximum atomic E-state index is 12.1. The summed E-state index contributed by atoms with van der Waals surface area (Å²) in [4.78, 5) is 12.1. The lowest BCUT2D eigenvalue weighted by atomic mass is 10.2. The van der Waals surface area contributed by atoms with Crippen molar-refractivity contribution in [2.75, 3.05) is 5.32 Å². The van der Waals surface area contributed by atoms with Gasteiger partial charge in [-0.05, 0) is 32.0 Å². The van der Waals surface area contributed by atoms with Gasteiger partial charge in [-0.2, -0.15) is 0 Å². The highest BCUT2D eigenvalue weighted by atomic mass is 16.5. The van der Waals surface area contributed by atoms with Gasteiger partial charge in [0.15, 0.2) is 6.10 Å². The standard InChI is InChI=1S/C17H19NO3/c1-12-7-9-15(10-8-12)21-13(2)17(20)18-16-6-4-3-5-14(16)11-19/h3-10,13,19H,11H2,1-2H3,(H,18,20). The van der Waals surface area contributed by atoms with Crippen molar-refractivity contribution < 1.29 is 14.6 Å². The van der Waals surface area contributed by atoms with E-state index in [4.69, 9.17) is 4.74 Å². The van der Waals surface area contributed by atoms with Gasteiger partial charge in [-0.15, -0.1) is 0 Å². The predicted octanol–water partition coefficient (Wildman–Crippen LogP) is 2.89. The van der Waals surface area contributed by atoms with E-state index in [1.165, 1.54) is 0 Å². The Morgan fingerprint density at radius 2 is 1.86 bits per heavy atom. The van der Waals surface area contributed by atoms with Crippen LogP contribution in [0.3, 0.4) is 0 Å². The number of aryl methyl sites for hydroxylation is 1. The normalized spacial score (nSPS) is 11.8. The molecule has 1 unspecified atom stereocenters. The van der Waals surface area contributed by atoms with Crippen molar-refractivity contribution in [2.24, 2.45) is 0 Å². The van der Waals surface area contributed by atoms with Crippen LogP contribution in [0.2, 0.25) is 0 Å². The molecular weight excluding hydrogens is 266 g/mol. The van der Waals surface area contributed by atoms with Crippen molar-refractivity contribution in [3.05, 3.63) is 59.7 Å². The third kappa shape index (κ3) is 4.07. The van der Waals surface area contributed by atoms with Gasteiger partial charge >= 0.3 is 0 Å². The van der Waals surface area contributed by atoms with Gasteiger partial charge in [0.2, 0.25) is 0 Å². The maximum Gasteiger partial charge on any atom is 0.265 e. The Hall–Kier alpha value is -2.33. The first-order valence-electron chi connectivity index (χ1n) is 6.83. The molecule has 4 heteroatoms. The van der Waals surface area contributed by atoms with Gasteiger partial charge in [-0.3, -0.25) is 4.79 Å². The summed E-state index contributed by atoms with van der Waals surface area (Å²) in [7, 11) is 0. The molecular formula is C17H19NO3. The molecule has 0 aliphatic rings. The first-order valence-corrected chi connectivity index (χ1v) is 6.83. The minimum atomic E-state index is -0.626. The van der Waals surface area contributed by atoms with Crippen LogP contribution in [0.25, 0.3) is 0 Å². The number of para-hydroxylation sites is 1. The van der Waals surface area contributed by atoms with Crippen LogP contribution in [0.5, 0.6) is 5.75 Å². The topological polar surface area (TPSA) is 58.6 Å². The zero-order valence-corrected chi connectivity index (χ0v) is 12.2. The van der Waals surface area contributed by atoms with E-state index in [-0.39, 0.29) is 12.5 Å². The molecule has 0 bridgehead atoms. The number of hydrogen-bond acceptors (Lipinski definition) is 3. The molecule has 21 heavy (non-hydrogen) atoms. The Kier molecular flexibility index (Phi) is 4.95. The van der Waals surface area contributed by atoms with Gasteiger partial charge in [-0.1, -0.05) is 35.9 Å². The fourth-order valence-electron chi connectivity index (χ4n) is 1.89. The third-order valence-corrected chi connectivity index (χ3v) is 3.15. The highest BCUT2D eigenvalue weighted by Gasteiger charge is 2.15. The number of amides is 1. The largest absolute Gasteiger partial charge is 0.481 e. The van der Waals surface area contributed by atoms with Crippen LogP contribution in [-0.4, -0.2) is 17.1 Å². The highest BCUT2D eigenvalue weighted by Crippen LogP contribution is 2.17. The molecule has 1 amide bonds. The van der Waals surface area contributed by atoms with Gasteiger partial charge in [0.25, 0.3) is 5.91 Å². The molecule has 0 aliphatic carbocycles. The lowest BCUT2D eigenvalue weighted by Crippen LogP contribution is -2.30. The number of nitrogens with one attached hydrogen (secondary N) is 1. The van der Waals surface area contributed by atoms with E-state index in [2.05, 4.69) is 5.32 Å². The SMILES string of the molecule is Cc1ccc(OC(C)C(=O)Nc2ccccc2CO)cc1. The van der Waals surface area contributed by atoms with Crippen molar-refractivity contribution in [1.29, 1.82) is 0 Å². The third-order valence-electron chi connectivity index (χ3n) is 3.15. The second kappa shape index (κ2) is 6.90. The lowest BCUT2D eigenvalue weighted by Gasteiger charge is -2.16. The van der Waals surface area contributed by atoms with Crippen LogP contribution >= 0.6 is 0 Å². The Labute approximate surface area is 124 Å². The Balaban J connectivity index is 2.01. The summed E-state index contributed by atoms with van der Waals surface area (Å²) >= 11 is 0. The first-order chi connectivity index (χ1) is 10.1. The van der Waals surface area contributed by atoms with Crippen molar-refractivity contribution in [3.8, 4) is 5.75 Å². The molecule has 2 rings (SSSR count). The Bertz CT molecular complexity index is 608. The number of carbonyl (C=O) groups is 1. The van der Waals surface area contributed by atoms with Crippen molar-refractivity contribution in [2.45, 2.75) is 26.6 Å². The van der Waals surface area contributed by atoms with E-state index < -0.39 is 6.10 Å². The summed E-state index contributed by atoms with van der Waals surface area (Å²) in [6, 6.07) is 14.7. The quantitative estimate of drug-likeness (QED) is 0.888. The minimum Gasteiger partial charge on any atom is -0.481 e. The molecule has 0 saturated heterocycles. The molecule has 0 spiro atoms.